The van der Waals surface area contributed by atoms with E-state index in [1.165, 1.54) is 0 Å². The number of carbonyl (C=O) groups is 1. The van der Waals surface area contributed by atoms with Crippen LogP contribution in [-0.4, -0.2) is 6.29 Å². The molecule has 0 aliphatic rings. The lowest BCUT2D eigenvalue weighted by Gasteiger charge is -2.01. The van der Waals surface area contributed by atoms with Crippen LogP contribution in [0.4, 0.5) is 0 Å². The highest BCUT2D eigenvalue weighted by atomic mass is 32.1. The Hall–Kier alpha value is -0.890. The average molecular weight is 180 g/mol. The highest BCUT2D eigenvalue weighted by Gasteiger charge is 2.00. The molecule has 0 fully saturated rings. The third-order valence-corrected chi connectivity index (χ3v) is 2.38. The first-order valence-electron chi connectivity index (χ1n) is 3.93. The monoisotopic (exact) mass is 180 g/mol. The SMILES string of the molecule is CC(C)/C(C=O)=C\c1ccsc1. The summed E-state index contributed by atoms with van der Waals surface area (Å²) in [5, 5.41) is 4.04. The quantitative estimate of drug-likeness (QED) is 0.516. The van der Waals surface area contributed by atoms with Crippen LogP contribution in [0.5, 0.6) is 0 Å². The molecule has 1 heterocycles. The first kappa shape index (κ1) is 9.20. The van der Waals surface area contributed by atoms with Crippen molar-refractivity contribution in [3.8, 4) is 0 Å². The lowest BCUT2D eigenvalue weighted by Crippen LogP contribution is -1.94. The molecule has 0 amide bonds. The zero-order chi connectivity index (χ0) is 8.97. The van der Waals surface area contributed by atoms with Crippen LogP contribution in [-0.2, 0) is 4.79 Å². The maximum atomic E-state index is 10.6. The first-order chi connectivity index (χ1) is 5.74. The molecule has 0 aliphatic carbocycles. The maximum absolute atomic E-state index is 10.6. The van der Waals surface area contributed by atoms with E-state index in [9.17, 15) is 4.79 Å². The molecule has 1 aromatic rings. The van der Waals surface area contributed by atoms with Gasteiger partial charge in [0.15, 0.2) is 0 Å². The second kappa shape index (κ2) is 4.21. The Morgan fingerprint density at radius 1 is 1.58 bits per heavy atom. The molecular weight excluding hydrogens is 168 g/mol. The minimum atomic E-state index is 0.308. The molecule has 0 aromatic carbocycles. The molecule has 64 valence electrons. The van der Waals surface area contributed by atoms with Crippen molar-refractivity contribution in [2.24, 2.45) is 5.92 Å². The molecule has 0 aliphatic heterocycles. The molecule has 0 spiro atoms. The molecule has 0 saturated carbocycles. The Labute approximate surface area is 76.7 Å². The fourth-order valence-corrected chi connectivity index (χ4v) is 1.50. The summed E-state index contributed by atoms with van der Waals surface area (Å²) in [6.07, 6.45) is 2.87. The summed E-state index contributed by atoms with van der Waals surface area (Å²) in [6, 6.07) is 2.01. The van der Waals surface area contributed by atoms with Crippen molar-refractivity contribution >= 4 is 23.7 Å². The van der Waals surface area contributed by atoms with E-state index in [1.807, 2.05) is 36.7 Å². The maximum Gasteiger partial charge on any atom is 0.146 e. The van der Waals surface area contributed by atoms with Gasteiger partial charge in [-0.3, -0.25) is 4.79 Å². The van der Waals surface area contributed by atoms with Crippen LogP contribution in [0.3, 0.4) is 0 Å². The summed E-state index contributed by atoms with van der Waals surface area (Å²) in [5.41, 5.74) is 1.98. The van der Waals surface area contributed by atoms with Crippen molar-refractivity contribution in [2.75, 3.05) is 0 Å². The molecule has 2 heteroatoms. The Morgan fingerprint density at radius 3 is 2.75 bits per heavy atom. The summed E-state index contributed by atoms with van der Waals surface area (Å²) in [6.45, 7) is 4.04. The molecular formula is C10H12OS. The number of rotatable bonds is 3. The molecule has 0 bridgehead atoms. The van der Waals surface area contributed by atoms with Gasteiger partial charge in [0.2, 0.25) is 0 Å². The van der Waals surface area contributed by atoms with Crippen molar-refractivity contribution in [3.05, 3.63) is 28.0 Å². The molecule has 1 aromatic heterocycles. The fraction of sp³-hybridized carbons (Fsp3) is 0.300. The zero-order valence-corrected chi connectivity index (χ0v) is 8.10. The predicted octanol–water partition coefficient (Wildman–Crippen LogP) is 2.99. The highest BCUT2D eigenvalue weighted by Crippen LogP contribution is 2.14. The molecule has 0 N–H and O–H groups in total. The van der Waals surface area contributed by atoms with Gasteiger partial charge in [0, 0.05) is 0 Å². The summed E-state index contributed by atoms with van der Waals surface area (Å²) in [5.74, 6) is 0.308. The van der Waals surface area contributed by atoms with Gasteiger partial charge in [0.05, 0.1) is 0 Å². The Balaban J connectivity index is 2.85. The van der Waals surface area contributed by atoms with Crippen LogP contribution in [0.25, 0.3) is 6.08 Å². The zero-order valence-electron chi connectivity index (χ0n) is 7.28. The van der Waals surface area contributed by atoms with E-state index in [1.54, 1.807) is 11.3 Å². The number of hydrogen-bond acceptors (Lipinski definition) is 2. The van der Waals surface area contributed by atoms with Crippen molar-refractivity contribution in [3.63, 3.8) is 0 Å². The third-order valence-electron chi connectivity index (χ3n) is 1.68. The summed E-state index contributed by atoms with van der Waals surface area (Å²) >= 11 is 1.64. The Kier molecular flexibility index (Phi) is 3.23. The van der Waals surface area contributed by atoms with E-state index in [4.69, 9.17) is 0 Å². The Bertz CT molecular complexity index is 270. The number of thiophene rings is 1. The van der Waals surface area contributed by atoms with Crippen LogP contribution in [0.15, 0.2) is 22.4 Å². The van der Waals surface area contributed by atoms with Crippen LogP contribution in [0.2, 0.25) is 0 Å². The second-order valence-electron chi connectivity index (χ2n) is 2.97. The molecule has 0 radical (unpaired) electrons. The summed E-state index contributed by atoms with van der Waals surface area (Å²) in [4.78, 5) is 10.6. The van der Waals surface area contributed by atoms with Crippen molar-refractivity contribution in [1.29, 1.82) is 0 Å². The average Bonchev–Trinajstić information content (AvgIpc) is 2.51. The number of allylic oxidation sites excluding steroid dienone is 1. The van der Waals surface area contributed by atoms with Crippen LogP contribution in [0.1, 0.15) is 19.4 Å². The highest BCUT2D eigenvalue weighted by molar-refractivity contribution is 7.08. The number of carbonyl (C=O) groups excluding carboxylic acids is 1. The number of hydrogen-bond donors (Lipinski definition) is 0. The first-order valence-corrected chi connectivity index (χ1v) is 4.87. The van der Waals surface area contributed by atoms with E-state index < -0.39 is 0 Å². The van der Waals surface area contributed by atoms with Crippen LogP contribution in [0, 0.1) is 5.92 Å². The van der Waals surface area contributed by atoms with Gasteiger partial charge < -0.3 is 0 Å². The van der Waals surface area contributed by atoms with Gasteiger partial charge in [0.25, 0.3) is 0 Å². The minimum Gasteiger partial charge on any atom is -0.298 e. The topological polar surface area (TPSA) is 17.1 Å². The van der Waals surface area contributed by atoms with Crippen LogP contribution >= 0.6 is 11.3 Å². The summed E-state index contributed by atoms with van der Waals surface area (Å²) < 4.78 is 0. The lowest BCUT2D eigenvalue weighted by molar-refractivity contribution is -0.105. The molecule has 0 unspecified atom stereocenters. The van der Waals surface area contributed by atoms with E-state index in [0.29, 0.717) is 5.92 Å². The predicted molar refractivity (Wildman–Crippen MR) is 53.2 cm³/mol. The van der Waals surface area contributed by atoms with E-state index in [2.05, 4.69) is 0 Å². The fourth-order valence-electron chi connectivity index (χ4n) is 0.886. The standard InChI is InChI=1S/C10H12OS/c1-8(2)10(6-11)5-9-3-4-12-7-9/h3-8H,1-2H3/b10-5-. The lowest BCUT2D eigenvalue weighted by atomic mass is 10.0. The smallest absolute Gasteiger partial charge is 0.146 e. The second-order valence-corrected chi connectivity index (χ2v) is 3.75. The van der Waals surface area contributed by atoms with Gasteiger partial charge in [-0.25, -0.2) is 0 Å². The van der Waals surface area contributed by atoms with Crippen LogP contribution < -0.4 is 0 Å². The third kappa shape index (κ3) is 2.31. The van der Waals surface area contributed by atoms with E-state index in [-0.39, 0.29) is 0 Å². The van der Waals surface area contributed by atoms with Crippen molar-refractivity contribution < 1.29 is 4.79 Å². The van der Waals surface area contributed by atoms with E-state index >= 15 is 0 Å². The largest absolute Gasteiger partial charge is 0.298 e. The van der Waals surface area contributed by atoms with Gasteiger partial charge in [-0.1, -0.05) is 13.8 Å². The summed E-state index contributed by atoms with van der Waals surface area (Å²) in [7, 11) is 0. The van der Waals surface area contributed by atoms with Gasteiger partial charge in [0.1, 0.15) is 6.29 Å². The minimum absolute atomic E-state index is 0.308. The molecule has 0 atom stereocenters. The molecule has 12 heavy (non-hydrogen) atoms. The van der Waals surface area contributed by atoms with Gasteiger partial charge >= 0.3 is 0 Å². The number of aldehydes is 1. The van der Waals surface area contributed by atoms with Crippen molar-refractivity contribution in [1.82, 2.24) is 0 Å². The molecule has 1 nitrogen and oxygen atoms in total. The normalized spacial score (nSPS) is 12.1. The van der Waals surface area contributed by atoms with Gasteiger partial charge in [-0.05, 0) is 40.0 Å². The van der Waals surface area contributed by atoms with E-state index in [0.717, 1.165) is 17.4 Å². The van der Waals surface area contributed by atoms with Gasteiger partial charge in [-0.2, -0.15) is 11.3 Å². The van der Waals surface area contributed by atoms with Crippen molar-refractivity contribution in [2.45, 2.75) is 13.8 Å². The van der Waals surface area contributed by atoms with Gasteiger partial charge in [-0.15, -0.1) is 0 Å². The molecule has 0 saturated heterocycles. The molecule has 1 rings (SSSR count). The Morgan fingerprint density at radius 2 is 2.33 bits per heavy atom.